The quantitative estimate of drug-likeness (QED) is 0.113. The van der Waals surface area contributed by atoms with Crippen LogP contribution in [-0.4, -0.2) is 79.9 Å². The first-order chi connectivity index (χ1) is 25.3. The minimum Gasteiger partial charge on any atom is -0.508 e. The van der Waals surface area contributed by atoms with Crippen molar-refractivity contribution in [3.63, 3.8) is 0 Å². The number of ether oxygens (including phenoxy) is 4. The molecule has 1 aliphatic heterocycles. The van der Waals surface area contributed by atoms with Gasteiger partial charge in [-0.2, -0.15) is 0 Å². The van der Waals surface area contributed by atoms with Gasteiger partial charge in [0.15, 0.2) is 23.4 Å². The Morgan fingerprint density at radius 1 is 0.755 bits per heavy atom. The van der Waals surface area contributed by atoms with E-state index < -0.39 is 119 Å². The van der Waals surface area contributed by atoms with E-state index in [-0.39, 0.29) is 11.1 Å². The number of carbonyl (C=O) groups excluding carboxylic acids is 2. The van der Waals surface area contributed by atoms with Gasteiger partial charge < -0.3 is 54.0 Å². The zero-order valence-electron chi connectivity index (χ0n) is 27.2. The van der Waals surface area contributed by atoms with Crippen molar-refractivity contribution in [1.29, 1.82) is 0 Å². The van der Waals surface area contributed by atoms with E-state index in [0.29, 0.717) is 11.1 Å². The van der Waals surface area contributed by atoms with E-state index in [4.69, 9.17) is 23.4 Å². The Kier molecular flexibility index (Phi) is 10.5. The first-order valence-corrected chi connectivity index (χ1v) is 15.8. The molecule has 1 aromatic heterocycles. The fourth-order valence-corrected chi connectivity index (χ4v) is 5.67. The zero-order chi connectivity index (χ0) is 38.0. The number of aromatic hydroxyl groups is 4. The standard InChI is InChI=1S/C37H30F2O14/c38-20-6-1-17(2-7-20)11-28(44)52-35-31(46)27(16-40)51-37(36(35)53-29(45)12-18-3-8-21(39)9-4-18)50-25-13-19(5-10-23(25)42)34-33(48)32(47)30-24(43)14-22(41)15-26(30)49-34/h1-10,13-15,27,31,35-37,40-43,46,48H,11-12,16H2/t27-,31-,35+,36-,37-/m1/s1. The Labute approximate surface area is 297 Å². The molecular weight excluding hydrogens is 706 g/mol. The lowest BCUT2D eigenvalue weighted by atomic mass is 9.98. The average molecular weight is 737 g/mol. The third kappa shape index (κ3) is 7.99. The molecule has 276 valence electrons. The van der Waals surface area contributed by atoms with Crippen LogP contribution >= 0.6 is 0 Å². The highest BCUT2D eigenvalue weighted by molar-refractivity contribution is 5.88. The van der Waals surface area contributed by atoms with Crippen LogP contribution in [0.2, 0.25) is 0 Å². The number of fused-ring (bicyclic) bond motifs is 1. The van der Waals surface area contributed by atoms with Crippen molar-refractivity contribution in [2.24, 2.45) is 0 Å². The number of esters is 2. The number of hydrogen-bond donors (Lipinski definition) is 6. The lowest BCUT2D eigenvalue weighted by Crippen LogP contribution is -2.62. The summed E-state index contributed by atoms with van der Waals surface area (Å²) >= 11 is 0. The Bertz CT molecular complexity index is 2200. The number of hydrogen-bond acceptors (Lipinski definition) is 14. The summed E-state index contributed by atoms with van der Waals surface area (Å²) in [6.07, 6.45) is -9.53. The van der Waals surface area contributed by atoms with Gasteiger partial charge in [0, 0.05) is 17.7 Å². The van der Waals surface area contributed by atoms with Crippen LogP contribution < -0.4 is 10.2 Å². The Morgan fingerprint density at radius 3 is 1.92 bits per heavy atom. The largest absolute Gasteiger partial charge is 0.508 e. The topological polar surface area (TPSA) is 223 Å². The monoisotopic (exact) mass is 736 g/mol. The molecule has 2 heterocycles. The maximum atomic E-state index is 13.5. The van der Waals surface area contributed by atoms with E-state index in [1.165, 1.54) is 30.3 Å². The molecule has 1 aliphatic rings. The van der Waals surface area contributed by atoms with E-state index >= 15 is 0 Å². The molecule has 0 radical (unpaired) electrons. The summed E-state index contributed by atoms with van der Waals surface area (Å²) in [5, 5.41) is 62.4. The molecule has 53 heavy (non-hydrogen) atoms. The fourth-order valence-electron chi connectivity index (χ4n) is 5.67. The van der Waals surface area contributed by atoms with Gasteiger partial charge in [0.25, 0.3) is 0 Å². The molecule has 1 fully saturated rings. The van der Waals surface area contributed by atoms with Crippen molar-refractivity contribution in [3.05, 3.63) is 112 Å². The molecule has 0 unspecified atom stereocenters. The van der Waals surface area contributed by atoms with Crippen LogP contribution in [0.15, 0.2) is 88.1 Å². The van der Waals surface area contributed by atoms with Crippen molar-refractivity contribution in [1.82, 2.24) is 0 Å². The Balaban J connectivity index is 1.35. The molecule has 0 spiro atoms. The fraction of sp³-hybridized carbons (Fsp3) is 0.216. The summed E-state index contributed by atoms with van der Waals surface area (Å²) in [7, 11) is 0. The zero-order valence-corrected chi connectivity index (χ0v) is 27.2. The molecule has 4 aromatic carbocycles. The molecule has 0 saturated carbocycles. The molecule has 5 aromatic rings. The van der Waals surface area contributed by atoms with Gasteiger partial charge in [-0.3, -0.25) is 14.4 Å². The highest BCUT2D eigenvalue weighted by atomic mass is 19.1. The van der Waals surface area contributed by atoms with Crippen LogP contribution in [0.4, 0.5) is 8.78 Å². The van der Waals surface area contributed by atoms with Crippen LogP contribution in [0.5, 0.6) is 28.7 Å². The molecule has 0 amide bonds. The summed E-state index contributed by atoms with van der Waals surface area (Å²) in [6, 6.07) is 15.1. The van der Waals surface area contributed by atoms with Crippen LogP contribution in [0.25, 0.3) is 22.3 Å². The van der Waals surface area contributed by atoms with Crippen LogP contribution in [0.1, 0.15) is 11.1 Å². The number of benzene rings is 4. The number of rotatable bonds is 10. The summed E-state index contributed by atoms with van der Waals surface area (Å²) in [5.74, 6) is -6.58. The number of phenolic OH excluding ortho intramolecular Hbond substituents is 3. The SMILES string of the molecule is O=C(Cc1ccc(F)cc1)O[C@H]1[C@H](Oc2cc(-c3oc4cc(O)cc(O)c4c(=O)c3O)ccc2O)O[C@H](CO)[C@@H](O)[C@@H]1OC(=O)Cc1ccc(F)cc1. The van der Waals surface area contributed by atoms with E-state index in [1.54, 1.807) is 0 Å². The summed E-state index contributed by atoms with van der Waals surface area (Å²) < 4.78 is 55.4. The van der Waals surface area contributed by atoms with Crippen LogP contribution in [-0.2, 0) is 36.6 Å². The molecular formula is C37H30F2O14. The average Bonchev–Trinajstić information content (AvgIpc) is 3.11. The third-order valence-electron chi connectivity index (χ3n) is 8.26. The van der Waals surface area contributed by atoms with Gasteiger partial charge in [-0.05, 0) is 53.6 Å². The van der Waals surface area contributed by atoms with Crippen molar-refractivity contribution in [2.75, 3.05) is 6.61 Å². The van der Waals surface area contributed by atoms with E-state index in [9.17, 15) is 53.8 Å². The Hall–Kier alpha value is -6.23. The summed E-state index contributed by atoms with van der Waals surface area (Å²) in [6.45, 7) is -0.856. The van der Waals surface area contributed by atoms with Gasteiger partial charge in [0.05, 0.1) is 19.4 Å². The molecule has 6 rings (SSSR count). The lowest BCUT2D eigenvalue weighted by Gasteiger charge is -2.42. The highest BCUT2D eigenvalue weighted by Gasteiger charge is 2.51. The maximum Gasteiger partial charge on any atom is 0.310 e. The van der Waals surface area contributed by atoms with Gasteiger partial charge in [-0.15, -0.1) is 0 Å². The molecule has 16 heteroatoms. The molecule has 6 N–H and O–H groups in total. The number of aliphatic hydroxyl groups is 2. The normalized spacial score (nSPS) is 19.8. The number of phenols is 3. The summed E-state index contributed by atoms with van der Waals surface area (Å²) in [4.78, 5) is 39.3. The van der Waals surface area contributed by atoms with Gasteiger partial charge in [0.1, 0.15) is 46.3 Å². The van der Waals surface area contributed by atoms with Crippen molar-refractivity contribution >= 4 is 22.9 Å². The minimum atomic E-state index is -1.83. The molecule has 14 nitrogen and oxygen atoms in total. The van der Waals surface area contributed by atoms with Gasteiger partial charge in [-0.1, -0.05) is 24.3 Å². The number of halogens is 2. The smallest absolute Gasteiger partial charge is 0.310 e. The molecule has 0 aliphatic carbocycles. The predicted octanol–water partition coefficient (Wildman–Crippen LogP) is 3.33. The first-order valence-electron chi connectivity index (χ1n) is 15.8. The second-order valence-electron chi connectivity index (χ2n) is 12.0. The minimum absolute atomic E-state index is 0.0844. The van der Waals surface area contributed by atoms with Gasteiger partial charge >= 0.3 is 11.9 Å². The summed E-state index contributed by atoms with van der Waals surface area (Å²) in [5.41, 5.74) is -0.774. The van der Waals surface area contributed by atoms with Crippen molar-refractivity contribution < 1.29 is 72.4 Å². The third-order valence-corrected chi connectivity index (χ3v) is 8.26. The lowest BCUT2D eigenvalue weighted by molar-refractivity contribution is -0.285. The second-order valence-corrected chi connectivity index (χ2v) is 12.0. The maximum absolute atomic E-state index is 13.5. The molecule has 0 bridgehead atoms. The molecule has 1 saturated heterocycles. The molecule has 5 atom stereocenters. The Morgan fingerprint density at radius 2 is 1.34 bits per heavy atom. The van der Waals surface area contributed by atoms with Crippen molar-refractivity contribution in [2.45, 2.75) is 43.5 Å². The van der Waals surface area contributed by atoms with Crippen LogP contribution in [0, 0.1) is 11.6 Å². The van der Waals surface area contributed by atoms with Crippen LogP contribution in [0.3, 0.4) is 0 Å². The number of carbonyl (C=O) groups is 2. The first kappa shape index (κ1) is 36.6. The second kappa shape index (κ2) is 15.2. The predicted molar refractivity (Wildman–Crippen MR) is 177 cm³/mol. The van der Waals surface area contributed by atoms with E-state index in [2.05, 4.69) is 0 Å². The van der Waals surface area contributed by atoms with E-state index in [0.717, 1.165) is 48.5 Å². The van der Waals surface area contributed by atoms with Gasteiger partial charge in [-0.25, -0.2) is 8.78 Å². The van der Waals surface area contributed by atoms with Gasteiger partial charge in [0.2, 0.25) is 23.6 Å². The highest BCUT2D eigenvalue weighted by Crippen LogP contribution is 2.40. The number of aliphatic hydroxyl groups excluding tert-OH is 2. The van der Waals surface area contributed by atoms with Crippen molar-refractivity contribution in [3.8, 4) is 40.1 Å². The van der Waals surface area contributed by atoms with E-state index in [1.807, 2.05) is 0 Å².